The molecule has 1 aliphatic heterocycles. The minimum atomic E-state index is -0.172. The van der Waals surface area contributed by atoms with Crippen LogP contribution in [0.3, 0.4) is 0 Å². The Labute approximate surface area is 197 Å². The van der Waals surface area contributed by atoms with Crippen LogP contribution in [-0.2, 0) is 9.53 Å². The van der Waals surface area contributed by atoms with Gasteiger partial charge in [0.15, 0.2) is 5.03 Å². The van der Waals surface area contributed by atoms with Gasteiger partial charge in [-0.25, -0.2) is 9.97 Å². The van der Waals surface area contributed by atoms with Gasteiger partial charge in [0, 0.05) is 30.4 Å². The highest BCUT2D eigenvalue weighted by Gasteiger charge is 2.29. The Kier molecular flexibility index (Phi) is 7.57. The number of para-hydroxylation sites is 1. The Morgan fingerprint density at radius 1 is 1.00 bits per heavy atom. The number of ether oxygens (including phenoxy) is 2. The minimum Gasteiger partial charge on any atom is -0.466 e. The first-order chi connectivity index (χ1) is 16.2. The van der Waals surface area contributed by atoms with Crippen molar-refractivity contribution in [2.24, 2.45) is 5.92 Å². The number of piperidine rings is 1. The SMILES string of the molecule is CCOC(=O)C1CCN(C(=O)c2ccccc2Sc2nccnc2Oc2ccccc2)CC1. The Morgan fingerprint density at radius 3 is 2.45 bits per heavy atom. The van der Waals surface area contributed by atoms with Crippen molar-refractivity contribution in [1.29, 1.82) is 0 Å². The monoisotopic (exact) mass is 463 g/mol. The highest BCUT2D eigenvalue weighted by molar-refractivity contribution is 7.99. The van der Waals surface area contributed by atoms with E-state index in [2.05, 4.69) is 9.97 Å². The summed E-state index contributed by atoms with van der Waals surface area (Å²) in [5, 5.41) is 0.572. The summed E-state index contributed by atoms with van der Waals surface area (Å²) >= 11 is 1.34. The maximum atomic E-state index is 13.3. The maximum Gasteiger partial charge on any atom is 0.309 e. The summed E-state index contributed by atoms with van der Waals surface area (Å²) in [7, 11) is 0. The van der Waals surface area contributed by atoms with Crippen LogP contribution in [-0.4, -0.2) is 46.4 Å². The van der Waals surface area contributed by atoms with Crippen LogP contribution in [0.2, 0.25) is 0 Å². The molecule has 1 amide bonds. The Bertz CT molecular complexity index is 1100. The zero-order chi connectivity index (χ0) is 23.0. The standard InChI is InChI=1S/C25H25N3O4S/c1-2-31-25(30)18-12-16-28(17-13-18)24(29)20-10-6-7-11-21(20)33-23-22(26-14-15-27-23)32-19-8-4-3-5-9-19/h3-11,14-15,18H,2,12-13,16-17H2,1H3. The molecule has 0 saturated carbocycles. The highest BCUT2D eigenvalue weighted by Crippen LogP contribution is 2.36. The molecule has 8 heteroatoms. The number of aromatic nitrogens is 2. The number of nitrogens with zero attached hydrogens (tertiary/aromatic N) is 3. The largest absolute Gasteiger partial charge is 0.466 e. The Balaban J connectivity index is 1.49. The lowest BCUT2D eigenvalue weighted by Crippen LogP contribution is -2.40. The molecular weight excluding hydrogens is 438 g/mol. The van der Waals surface area contributed by atoms with Gasteiger partial charge in [-0.2, -0.15) is 0 Å². The zero-order valence-corrected chi connectivity index (χ0v) is 19.2. The van der Waals surface area contributed by atoms with Crippen LogP contribution in [0.25, 0.3) is 0 Å². The minimum absolute atomic E-state index is 0.0603. The maximum absolute atomic E-state index is 13.3. The van der Waals surface area contributed by atoms with E-state index in [0.717, 1.165) is 4.90 Å². The molecule has 0 atom stereocenters. The zero-order valence-electron chi connectivity index (χ0n) is 18.3. The van der Waals surface area contributed by atoms with Crippen molar-refractivity contribution in [2.45, 2.75) is 29.7 Å². The molecule has 33 heavy (non-hydrogen) atoms. The third-order valence-electron chi connectivity index (χ3n) is 5.32. The average Bonchev–Trinajstić information content (AvgIpc) is 2.86. The molecule has 0 radical (unpaired) electrons. The molecule has 0 bridgehead atoms. The number of hydrogen-bond acceptors (Lipinski definition) is 7. The van der Waals surface area contributed by atoms with Crippen molar-refractivity contribution >= 4 is 23.6 Å². The van der Waals surface area contributed by atoms with Crippen LogP contribution in [0.5, 0.6) is 11.6 Å². The van der Waals surface area contributed by atoms with Crippen molar-refractivity contribution in [2.75, 3.05) is 19.7 Å². The van der Waals surface area contributed by atoms with Crippen molar-refractivity contribution in [3.05, 3.63) is 72.6 Å². The third kappa shape index (κ3) is 5.70. The highest BCUT2D eigenvalue weighted by atomic mass is 32.2. The van der Waals surface area contributed by atoms with Gasteiger partial charge in [0.05, 0.1) is 18.1 Å². The molecule has 0 unspecified atom stereocenters. The summed E-state index contributed by atoms with van der Waals surface area (Å²) in [6.45, 7) is 3.23. The van der Waals surface area contributed by atoms with E-state index in [1.54, 1.807) is 24.2 Å². The molecule has 1 saturated heterocycles. The van der Waals surface area contributed by atoms with Crippen LogP contribution in [0.15, 0.2) is 76.9 Å². The van der Waals surface area contributed by atoms with Gasteiger partial charge in [0.1, 0.15) is 5.75 Å². The molecule has 170 valence electrons. The van der Waals surface area contributed by atoms with Crippen molar-refractivity contribution in [3.63, 3.8) is 0 Å². The molecule has 0 aliphatic carbocycles. The fourth-order valence-electron chi connectivity index (χ4n) is 3.64. The van der Waals surface area contributed by atoms with Crippen molar-refractivity contribution < 1.29 is 19.1 Å². The number of benzene rings is 2. The number of esters is 1. The topological polar surface area (TPSA) is 81.6 Å². The van der Waals surface area contributed by atoms with E-state index < -0.39 is 0 Å². The van der Waals surface area contributed by atoms with E-state index in [1.807, 2.05) is 54.6 Å². The van der Waals surface area contributed by atoms with Gasteiger partial charge < -0.3 is 14.4 Å². The molecular formula is C25H25N3O4S. The fourth-order valence-corrected chi connectivity index (χ4v) is 4.55. The van der Waals surface area contributed by atoms with E-state index in [-0.39, 0.29) is 17.8 Å². The Hall–Kier alpha value is -3.39. The molecule has 1 aromatic heterocycles. The first-order valence-electron chi connectivity index (χ1n) is 10.9. The van der Waals surface area contributed by atoms with Crippen molar-refractivity contribution in [3.8, 4) is 11.6 Å². The molecule has 0 N–H and O–H groups in total. The number of rotatable bonds is 7. The van der Waals surface area contributed by atoms with Gasteiger partial charge in [-0.15, -0.1) is 0 Å². The molecule has 1 fully saturated rings. The van der Waals surface area contributed by atoms with Gasteiger partial charge in [-0.05, 0) is 44.0 Å². The predicted octanol–water partition coefficient (Wildman–Crippen LogP) is 4.84. The third-order valence-corrected chi connectivity index (χ3v) is 6.37. The number of amides is 1. The molecule has 0 spiro atoms. The summed E-state index contributed by atoms with van der Waals surface area (Å²) in [4.78, 5) is 36.7. The second-order valence-electron chi connectivity index (χ2n) is 7.50. The quantitative estimate of drug-likeness (QED) is 0.464. The van der Waals surface area contributed by atoms with Gasteiger partial charge in [-0.1, -0.05) is 42.1 Å². The Morgan fingerprint density at radius 2 is 1.70 bits per heavy atom. The molecule has 3 aromatic rings. The van der Waals surface area contributed by atoms with Gasteiger partial charge >= 0.3 is 5.97 Å². The van der Waals surface area contributed by atoms with Crippen LogP contribution < -0.4 is 4.74 Å². The second-order valence-corrected chi connectivity index (χ2v) is 8.53. The molecule has 2 heterocycles. The smallest absolute Gasteiger partial charge is 0.309 e. The molecule has 1 aliphatic rings. The van der Waals surface area contributed by atoms with E-state index in [4.69, 9.17) is 9.47 Å². The number of carbonyl (C=O) groups is 2. The first-order valence-corrected chi connectivity index (χ1v) is 11.7. The van der Waals surface area contributed by atoms with Crippen molar-refractivity contribution in [1.82, 2.24) is 14.9 Å². The van der Waals surface area contributed by atoms with E-state index >= 15 is 0 Å². The average molecular weight is 464 g/mol. The van der Waals surface area contributed by atoms with Crippen LogP contribution in [0.1, 0.15) is 30.1 Å². The van der Waals surface area contributed by atoms with E-state index in [0.29, 0.717) is 54.8 Å². The number of carbonyl (C=O) groups excluding carboxylic acids is 2. The van der Waals surface area contributed by atoms with Gasteiger partial charge in [-0.3, -0.25) is 9.59 Å². The van der Waals surface area contributed by atoms with Crippen LogP contribution in [0.4, 0.5) is 0 Å². The second kappa shape index (κ2) is 11.0. The molecule has 7 nitrogen and oxygen atoms in total. The summed E-state index contributed by atoms with van der Waals surface area (Å²) in [5.74, 6) is 0.666. The lowest BCUT2D eigenvalue weighted by Gasteiger charge is -2.31. The lowest BCUT2D eigenvalue weighted by atomic mass is 9.96. The van der Waals surface area contributed by atoms with Gasteiger partial charge in [0.2, 0.25) is 0 Å². The van der Waals surface area contributed by atoms with Crippen LogP contribution in [0, 0.1) is 5.92 Å². The predicted molar refractivity (Wildman–Crippen MR) is 124 cm³/mol. The summed E-state index contributed by atoms with van der Waals surface area (Å²) in [5.41, 5.74) is 0.591. The van der Waals surface area contributed by atoms with Gasteiger partial charge in [0.25, 0.3) is 11.8 Å². The summed E-state index contributed by atoms with van der Waals surface area (Å²) in [6, 6.07) is 16.8. The fraction of sp³-hybridized carbons (Fsp3) is 0.280. The van der Waals surface area contributed by atoms with E-state index in [9.17, 15) is 9.59 Å². The summed E-state index contributed by atoms with van der Waals surface area (Å²) < 4.78 is 11.0. The normalized spacial score (nSPS) is 14.0. The number of hydrogen-bond donors (Lipinski definition) is 0. The first kappa shape index (κ1) is 22.8. The van der Waals surface area contributed by atoms with Crippen LogP contribution >= 0.6 is 11.8 Å². The molecule has 2 aromatic carbocycles. The molecule has 4 rings (SSSR count). The number of likely N-dealkylation sites (tertiary alicyclic amines) is 1. The van der Waals surface area contributed by atoms with E-state index in [1.165, 1.54) is 11.8 Å². The summed E-state index contributed by atoms with van der Waals surface area (Å²) in [6.07, 6.45) is 4.40. The lowest BCUT2D eigenvalue weighted by molar-refractivity contribution is -0.149.